The molecule has 23 heavy (non-hydrogen) atoms. The van der Waals surface area contributed by atoms with Gasteiger partial charge in [-0.25, -0.2) is 8.42 Å². The Balaban J connectivity index is 3.01. The number of rotatable bonds is 8. The number of carbonyl (C=O) groups is 1. The van der Waals surface area contributed by atoms with Crippen molar-refractivity contribution < 1.29 is 13.2 Å². The molecule has 0 aliphatic carbocycles. The molecule has 0 amide bonds. The van der Waals surface area contributed by atoms with Gasteiger partial charge in [-0.2, -0.15) is 0 Å². The normalized spacial score (nSPS) is 12.9. The molecular formula is C18H27NO3S. The summed E-state index contributed by atoms with van der Waals surface area (Å²) < 4.78 is 23.9. The zero-order chi connectivity index (χ0) is 17.6. The van der Waals surface area contributed by atoms with Crippen molar-refractivity contribution in [1.29, 1.82) is 0 Å². The lowest BCUT2D eigenvalue weighted by atomic mass is 10.0. The van der Waals surface area contributed by atoms with E-state index in [1.54, 1.807) is 12.1 Å². The van der Waals surface area contributed by atoms with Crippen molar-refractivity contribution in [3.63, 3.8) is 0 Å². The summed E-state index contributed by atoms with van der Waals surface area (Å²) in [7, 11) is 0.266. The zero-order valence-corrected chi connectivity index (χ0v) is 15.5. The minimum atomic E-state index is -3.55. The van der Waals surface area contributed by atoms with Crippen molar-refractivity contribution in [2.45, 2.75) is 26.7 Å². The SMILES string of the molecule is CC(C)Cc1ccc(C(=O)/C(=C/CCN(C)C)S(C)(=O)=O)cc1. The van der Waals surface area contributed by atoms with E-state index >= 15 is 0 Å². The Hall–Kier alpha value is -1.46. The highest BCUT2D eigenvalue weighted by Gasteiger charge is 2.21. The Morgan fingerprint density at radius 2 is 1.74 bits per heavy atom. The van der Waals surface area contributed by atoms with Crippen LogP contribution in [0.2, 0.25) is 0 Å². The number of nitrogens with zero attached hydrogens (tertiary/aromatic N) is 1. The van der Waals surface area contributed by atoms with Gasteiger partial charge in [-0.1, -0.05) is 44.2 Å². The maximum absolute atomic E-state index is 12.5. The molecule has 0 aromatic heterocycles. The molecule has 0 radical (unpaired) electrons. The van der Waals surface area contributed by atoms with Gasteiger partial charge >= 0.3 is 0 Å². The van der Waals surface area contributed by atoms with Crippen LogP contribution in [0.1, 0.15) is 36.2 Å². The first kappa shape index (κ1) is 19.6. The van der Waals surface area contributed by atoms with E-state index in [0.29, 0.717) is 24.4 Å². The smallest absolute Gasteiger partial charge is 0.204 e. The molecule has 5 heteroatoms. The van der Waals surface area contributed by atoms with E-state index in [2.05, 4.69) is 13.8 Å². The Morgan fingerprint density at radius 1 is 1.17 bits per heavy atom. The second-order valence-electron chi connectivity index (χ2n) is 6.56. The molecule has 1 aromatic rings. The second kappa shape index (κ2) is 8.41. The van der Waals surface area contributed by atoms with Gasteiger partial charge in [0, 0.05) is 18.4 Å². The third kappa shape index (κ3) is 6.67. The molecule has 0 unspecified atom stereocenters. The number of Topliss-reactive ketones (excluding diaryl/α,β-unsaturated/α-hetero) is 1. The highest BCUT2D eigenvalue weighted by atomic mass is 32.2. The predicted molar refractivity (Wildman–Crippen MR) is 95.4 cm³/mol. The summed E-state index contributed by atoms with van der Waals surface area (Å²) in [5, 5.41) is 0. The van der Waals surface area contributed by atoms with E-state index in [0.717, 1.165) is 18.2 Å². The number of hydrogen-bond acceptors (Lipinski definition) is 4. The Morgan fingerprint density at radius 3 is 2.17 bits per heavy atom. The summed E-state index contributed by atoms with van der Waals surface area (Å²) in [5.74, 6) is 0.108. The fraction of sp³-hybridized carbons (Fsp3) is 0.500. The number of sulfone groups is 1. The van der Waals surface area contributed by atoms with Gasteiger partial charge in [0.05, 0.1) is 0 Å². The maximum Gasteiger partial charge on any atom is 0.204 e. The third-order valence-electron chi connectivity index (χ3n) is 3.39. The Kier molecular flexibility index (Phi) is 7.16. The van der Waals surface area contributed by atoms with Crippen LogP contribution >= 0.6 is 0 Å². The number of benzene rings is 1. The Bertz CT molecular complexity index is 656. The molecule has 0 saturated heterocycles. The molecule has 128 valence electrons. The average Bonchev–Trinajstić information content (AvgIpc) is 2.41. The first-order valence-corrected chi connectivity index (χ1v) is 9.69. The minimum Gasteiger partial charge on any atom is -0.309 e. The molecule has 0 aliphatic rings. The van der Waals surface area contributed by atoms with Crippen molar-refractivity contribution in [3.05, 3.63) is 46.4 Å². The van der Waals surface area contributed by atoms with Gasteiger partial charge in [0.25, 0.3) is 0 Å². The second-order valence-corrected chi connectivity index (χ2v) is 8.54. The first-order valence-electron chi connectivity index (χ1n) is 7.80. The summed E-state index contributed by atoms with van der Waals surface area (Å²) in [6.07, 6.45) is 4.07. The number of carbonyl (C=O) groups excluding carboxylic acids is 1. The predicted octanol–water partition coefficient (Wildman–Crippen LogP) is 2.95. The van der Waals surface area contributed by atoms with Crippen LogP contribution < -0.4 is 0 Å². The quantitative estimate of drug-likeness (QED) is 0.540. The molecule has 4 nitrogen and oxygen atoms in total. The van der Waals surface area contributed by atoms with E-state index in [4.69, 9.17) is 0 Å². The van der Waals surface area contributed by atoms with Gasteiger partial charge in [-0.3, -0.25) is 4.79 Å². The van der Waals surface area contributed by atoms with Gasteiger partial charge in [0.1, 0.15) is 4.91 Å². The van der Waals surface area contributed by atoms with E-state index in [1.807, 2.05) is 31.1 Å². The molecule has 0 N–H and O–H groups in total. The third-order valence-corrected chi connectivity index (χ3v) is 4.54. The number of hydrogen-bond donors (Lipinski definition) is 0. The van der Waals surface area contributed by atoms with E-state index < -0.39 is 15.6 Å². The van der Waals surface area contributed by atoms with Crippen molar-refractivity contribution in [1.82, 2.24) is 4.90 Å². The van der Waals surface area contributed by atoms with Crippen LogP contribution in [0.5, 0.6) is 0 Å². The molecule has 0 spiro atoms. The van der Waals surface area contributed by atoms with E-state index in [-0.39, 0.29) is 4.91 Å². The molecule has 0 heterocycles. The van der Waals surface area contributed by atoms with Crippen molar-refractivity contribution in [3.8, 4) is 0 Å². The monoisotopic (exact) mass is 337 g/mol. The highest BCUT2D eigenvalue weighted by Crippen LogP contribution is 2.17. The van der Waals surface area contributed by atoms with E-state index in [9.17, 15) is 13.2 Å². The highest BCUT2D eigenvalue weighted by molar-refractivity contribution is 7.95. The van der Waals surface area contributed by atoms with Crippen LogP contribution in [0.3, 0.4) is 0 Å². The van der Waals surface area contributed by atoms with Crippen LogP contribution in [-0.2, 0) is 16.3 Å². The van der Waals surface area contributed by atoms with Crippen LogP contribution in [0.25, 0.3) is 0 Å². The fourth-order valence-corrected chi connectivity index (χ4v) is 3.15. The van der Waals surface area contributed by atoms with Crippen LogP contribution in [-0.4, -0.2) is 46.0 Å². The Labute approximate surface area is 140 Å². The van der Waals surface area contributed by atoms with Gasteiger partial charge < -0.3 is 4.90 Å². The number of allylic oxidation sites excluding steroid dienone is 1. The summed E-state index contributed by atoms with van der Waals surface area (Å²) in [6.45, 7) is 4.96. The molecule has 0 aliphatic heterocycles. The number of ketones is 1. The molecule has 0 atom stereocenters. The first-order chi connectivity index (χ1) is 10.6. The average molecular weight is 337 g/mol. The zero-order valence-electron chi connectivity index (χ0n) is 14.7. The summed E-state index contributed by atoms with van der Waals surface area (Å²) in [4.78, 5) is 14.4. The molecule has 1 rings (SSSR count). The lowest BCUT2D eigenvalue weighted by Crippen LogP contribution is -2.15. The standard InChI is InChI=1S/C18H27NO3S/c1-14(2)13-15-8-10-16(11-9-15)18(20)17(23(5,21)22)7-6-12-19(3)4/h7-11,14H,6,12-13H2,1-5H3/b17-7-. The van der Waals surface area contributed by atoms with Crippen LogP contribution in [0.15, 0.2) is 35.2 Å². The minimum absolute atomic E-state index is 0.115. The molecule has 0 saturated carbocycles. The van der Waals surface area contributed by atoms with Gasteiger partial charge in [0.15, 0.2) is 9.84 Å². The largest absolute Gasteiger partial charge is 0.309 e. The fourth-order valence-electron chi connectivity index (χ4n) is 2.27. The summed E-state index contributed by atoms with van der Waals surface area (Å²) in [6, 6.07) is 7.22. The van der Waals surface area contributed by atoms with Crippen molar-refractivity contribution in [2.75, 3.05) is 26.9 Å². The van der Waals surface area contributed by atoms with E-state index in [1.165, 1.54) is 6.08 Å². The van der Waals surface area contributed by atoms with Crippen LogP contribution in [0, 0.1) is 5.92 Å². The lowest BCUT2D eigenvalue weighted by molar-refractivity contribution is 0.104. The summed E-state index contributed by atoms with van der Waals surface area (Å²) >= 11 is 0. The van der Waals surface area contributed by atoms with Crippen molar-refractivity contribution >= 4 is 15.6 Å². The molecule has 0 bridgehead atoms. The molecule has 1 aromatic carbocycles. The topological polar surface area (TPSA) is 54.5 Å². The molecule has 0 fully saturated rings. The van der Waals surface area contributed by atoms with Gasteiger partial charge in [-0.05, 0) is 38.4 Å². The lowest BCUT2D eigenvalue weighted by Gasteiger charge is -2.09. The van der Waals surface area contributed by atoms with Crippen molar-refractivity contribution in [2.24, 2.45) is 5.92 Å². The summed E-state index contributed by atoms with van der Waals surface area (Å²) in [5.41, 5.74) is 1.56. The van der Waals surface area contributed by atoms with Crippen LogP contribution in [0.4, 0.5) is 0 Å². The van der Waals surface area contributed by atoms with Gasteiger partial charge in [0.2, 0.25) is 5.78 Å². The molecular weight excluding hydrogens is 310 g/mol. The van der Waals surface area contributed by atoms with Gasteiger partial charge in [-0.15, -0.1) is 0 Å². The maximum atomic E-state index is 12.5.